The molecule has 1 atom stereocenters. The van der Waals surface area contributed by atoms with Crippen molar-refractivity contribution in [1.82, 2.24) is 4.31 Å². The van der Waals surface area contributed by atoms with E-state index in [0.717, 1.165) is 32.1 Å². The zero-order valence-electron chi connectivity index (χ0n) is 11.9. The van der Waals surface area contributed by atoms with Gasteiger partial charge >= 0.3 is 5.97 Å². The fourth-order valence-corrected chi connectivity index (χ4v) is 4.40. The molecule has 1 aliphatic heterocycles. The minimum Gasteiger partial charge on any atom is -0.469 e. The second kappa shape index (κ2) is 7.85. The van der Waals surface area contributed by atoms with Gasteiger partial charge in [0.15, 0.2) is 0 Å². The summed E-state index contributed by atoms with van der Waals surface area (Å²) in [5.74, 6) is -0.309. The Kier molecular flexibility index (Phi) is 6.79. The highest BCUT2D eigenvalue weighted by atomic mass is 32.2. The van der Waals surface area contributed by atoms with Gasteiger partial charge in [0.05, 0.1) is 12.9 Å². The second-order valence-electron chi connectivity index (χ2n) is 5.02. The van der Waals surface area contributed by atoms with E-state index in [9.17, 15) is 13.2 Å². The van der Waals surface area contributed by atoms with Crippen LogP contribution in [0.25, 0.3) is 0 Å². The molecule has 0 radical (unpaired) electrons. The maximum absolute atomic E-state index is 12.4. The molecule has 0 aliphatic carbocycles. The molecule has 0 saturated carbocycles. The van der Waals surface area contributed by atoms with E-state index >= 15 is 0 Å². The van der Waals surface area contributed by atoms with E-state index in [4.69, 9.17) is 0 Å². The standard InChI is InChI=1S/C13H25NO4S/c1-3-12-8-5-4-6-10-14(12)19(16,17)11-7-9-13(15)18-2/h12H,3-11H2,1-2H3. The third-order valence-corrected chi connectivity index (χ3v) is 5.66. The van der Waals surface area contributed by atoms with E-state index in [1.807, 2.05) is 6.92 Å². The van der Waals surface area contributed by atoms with Crippen molar-refractivity contribution in [3.8, 4) is 0 Å². The molecule has 1 fully saturated rings. The van der Waals surface area contributed by atoms with Crippen LogP contribution in [0.15, 0.2) is 0 Å². The van der Waals surface area contributed by atoms with Crippen LogP contribution in [-0.4, -0.2) is 44.1 Å². The molecule has 1 aliphatic rings. The lowest BCUT2D eigenvalue weighted by Gasteiger charge is -2.28. The van der Waals surface area contributed by atoms with Gasteiger partial charge in [-0.15, -0.1) is 0 Å². The van der Waals surface area contributed by atoms with Gasteiger partial charge in [0.2, 0.25) is 10.0 Å². The van der Waals surface area contributed by atoms with Crippen molar-refractivity contribution in [2.75, 3.05) is 19.4 Å². The molecule has 0 aromatic rings. The van der Waals surface area contributed by atoms with Crippen molar-refractivity contribution in [2.45, 2.75) is 57.9 Å². The molecule has 0 aromatic heterocycles. The topological polar surface area (TPSA) is 63.7 Å². The van der Waals surface area contributed by atoms with Gasteiger partial charge in [-0.1, -0.05) is 19.8 Å². The van der Waals surface area contributed by atoms with Crippen LogP contribution in [0.5, 0.6) is 0 Å². The second-order valence-corrected chi connectivity index (χ2v) is 7.06. The van der Waals surface area contributed by atoms with Gasteiger partial charge in [-0.3, -0.25) is 4.79 Å². The molecule has 0 amide bonds. The number of ether oxygens (including phenoxy) is 1. The molecule has 0 spiro atoms. The number of carbonyl (C=O) groups excluding carboxylic acids is 1. The molecule has 1 unspecified atom stereocenters. The number of carbonyl (C=O) groups is 1. The minimum atomic E-state index is -3.25. The van der Waals surface area contributed by atoms with Gasteiger partial charge in [0, 0.05) is 19.0 Å². The molecule has 0 bridgehead atoms. The molecule has 112 valence electrons. The number of methoxy groups -OCH3 is 1. The molecule has 6 heteroatoms. The van der Waals surface area contributed by atoms with E-state index in [0.29, 0.717) is 13.0 Å². The summed E-state index contributed by atoms with van der Waals surface area (Å²) in [5.41, 5.74) is 0. The van der Waals surface area contributed by atoms with Crippen LogP contribution in [0.3, 0.4) is 0 Å². The Morgan fingerprint density at radius 2 is 2.05 bits per heavy atom. The zero-order chi connectivity index (χ0) is 14.3. The summed E-state index contributed by atoms with van der Waals surface area (Å²) in [5, 5.41) is 0. The summed E-state index contributed by atoms with van der Waals surface area (Å²) >= 11 is 0. The number of hydrogen-bond acceptors (Lipinski definition) is 4. The lowest BCUT2D eigenvalue weighted by Crippen LogP contribution is -2.41. The van der Waals surface area contributed by atoms with Crippen molar-refractivity contribution in [1.29, 1.82) is 0 Å². The highest BCUT2D eigenvalue weighted by Crippen LogP contribution is 2.22. The normalized spacial score (nSPS) is 21.9. The Balaban J connectivity index is 2.60. The Morgan fingerprint density at radius 3 is 2.68 bits per heavy atom. The molecule has 1 rings (SSSR count). The molecule has 1 heterocycles. The van der Waals surface area contributed by atoms with Crippen LogP contribution in [0.2, 0.25) is 0 Å². The third kappa shape index (κ3) is 5.10. The Morgan fingerprint density at radius 1 is 1.32 bits per heavy atom. The summed E-state index contributed by atoms with van der Waals surface area (Å²) < 4.78 is 30.9. The number of hydrogen-bond donors (Lipinski definition) is 0. The molecular weight excluding hydrogens is 266 g/mol. The van der Waals surface area contributed by atoms with E-state index < -0.39 is 10.0 Å². The van der Waals surface area contributed by atoms with E-state index in [-0.39, 0.29) is 24.2 Å². The van der Waals surface area contributed by atoms with Gasteiger partial charge in [-0.05, 0) is 25.7 Å². The lowest BCUT2D eigenvalue weighted by atomic mass is 10.1. The summed E-state index contributed by atoms with van der Waals surface area (Å²) in [4.78, 5) is 11.0. The van der Waals surface area contributed by atoms with Gasteiger partial charge in [0.1, 0.15) is 0 Å². The Hall–Kier alpha value is -0.620. The first kappa shape index (κ1) is 16.4. The first-order chi connectivity index (χ1) is 9.01. The molecule has 19 heavy (non-hydrogen) atoms. The van der Waals surface area contributed by atoms with E-state index in [1.54, 1.807) is 4.31 Å². The third-order valence-electron chi connectivity index (χ3n) is 3.66. The van der Waals surface area contributed by atoms with Crippen molar-refractivity contribution >= 4 is 16.0 Å². The first-order valence-electron chi connectivity index (χ1n) is 7.07. The first-order valence-corrected chi connectivity index (χ1v) is 8.68. The smallest absolute Gasteiger partial charge is 0.305 e. The predicted octanol–water partition coefficient (Wildman–Crippen LogP) is 1.92. The van der Waals surface area contributed by atoms with Crippen LogP contribution >= 0.6 is 0 Å². The number of esters is 1. The number of nitrogens with zero attached hydrogens (tertiary/aromatic N) is 1. The van der Waals surface area contributed by atoms with Crippen LogP contribution in [-0.2, 0) is 19.6 Å². The summed E-state index contributed by atoms with van der Waals surface area (Å²) in [7, 11) is -1.93. The van der Waals surface area contributed by atoms with Crippen LogP contribution in [0, 0.1) is 0 Å². The molecule has 5 nitrogen and oxygen atoms in total. The fourth-order valence-electron chi connectivity index (χ4n) is 2.54. The van der Waals surface area contributed by atoms with E-state index in [2.05, 4.69) is 4.74 Å². The summed E-state index contributed by atoms with van der Waals surface area (Å²) in [6.45, 7) is 2.66. The van der Waals surface area contributed by atoms with Crippen molar-refractivity contribution in [3.63, 3.8) is 0 Å². The largest absolute Gasteiger partial charge is 0.469 e. The lowest BCUT2D eigenvalue weighted by molar-refractivity contribution is -0.140. The summed E-state index contributed by atoms with van der Waals surface area (Å²) in [6.07, 6.45) is 5.45. The predicted molar refractivity (Wildman–Crippen MR) is 74.3 cm³/mol. The Labute approximate surface area is 116 Å². The molecule has 0 N–H and O–H groups in total. The Bertz CT molecular complexity index is 380. The molecule has 0 aromatic carbocycles. The van der Waals surface area contributed by atoms with Gasteiger partial charge < -0.3 is 4.74 Å². The number of rotatable bonds is 6. The zero-order valence-corrected chi connectivity index (χ0v) is 12.7. The van der Waals surface area contributed by atoms with Crippen molar-refractivity contribution in [2.24, 2.45) is 0 Å². The highest BCUT2D eigenvalue weighted by molar-refractivity contribution is 7.89. The molecule has 1 saturated heterocycles. The number of sulfonamides is 1. The van der Waals surface area contributed by atoms with Crippen molar-refractivity contribution < 1.29 is 17.9 Å². The van der Waals surface area contributed by atoms with Crippen LogP contribution in [0.1, 0.15) is 51.9 Å². The quantitative estimate of drug-likeness (QED) is 0.701. The van der Waals surface area contributed by atoms with Crippen LogP contribution in [0.4, 0.5) is 0 Å². The fraction of sp³-hybridized carbons (Fsp3) is 0.923. The van der Waals surface area contributed by atoms with Gasteiger partial charge in [-0.2, -0.15) is 4.31 Å². The monoisotopic (exact) mass is 291 g/mol. The van der Waals surface area contributed by atoms with Crippen molar-refractivity contribution in [3.05, 3.63) is 0 Å². The molecular formula is C13H25NO4S. The van der Waals surface area contributed by atoms with Gasteiger partial charge in [-0.25, -0.2) is 8.42 Å². The van der Waals surface area contributed by atoms with E-state index in [1.165, 1.54) is 7.11 Å². The summed E-state index contributed by atoms with van der Waals surface area (Å²) in [6, 6.07) is 0.130. The maximum atomic E-state index is 12.4. The average Bonchev–Trinajstić information content (AvgIpc) is 2.63. The maximum Gasteiger partial charge on any atom is 0.305 e. The SMILES string of the molecule is CCC1CCCCCN1S(=O)(=O)CCCC(=O)OC. The van der Waals surface area contributed by atoms with Gasteiger partial charge in [0.25, 0.3) is 0 Å². The average molecular weight is 291 g/mol. The highest BCUT2D eigenvalue weighted by Gasteiger charge is 2.29. The van der Waals surface area contributed by atoms with Crippen LogP contribution < -0.4 is 0 Å². The minimum absolute atomic E-state index is 0.0403.